The first kappa shape index (κ1) is 26.6. The summed E-state index contributed by atoms with van der Waals surface area (Å²) in [7, 11) is 0. The number of rotatable bonds is 7. The molecule has 204 valence electrons. The largest absolute Gasteiger partial charge is 0.359 e. The van der Waals surface area contributed by atoms with Crippen LogP contribution >= 0.6 is 0 Å². The molecule has 11 nitrogen and oxygen atoms in total. The number of anilines is 1. The van der Waals surface area contributed by atoms with E-state index in [9.17, 15) is 4.79 Å². The minimum absolute atomic E-state index is 0.210. The Bertz CT molecular complexity index is 1450. The van der Waals surface area contributed by atoms with Crippen LogP contribution in [0.25, 0.3) is 16.9 Å². The van der Waals surface area contributed by atoms with Gasteiger partial charge in [-0.05, 0) is 31.2 Å². The Labute approximate surface area is 228 Å². The van der Waals surface area contributed by atoms with Crippen molar-refractivity contribution in [3.63, 3.8) is 0 Å². The van der Waals surface area contributed by atoms with Crippen molar-refractivity contribution >= 4 is 11.7 Å². The summed E-state index contributed by atoms with van der Waals surface area (Å²) in [5, 5.41) is 15.5. The van der Waals surface area contributed by atoms with Crippen LogP contribution in [-0.2, 0) is 12.0 Å². The summed E-state index contributed by atoms with van der Waals surface area (Å²) < 4.78 is 7.01. The molecule has 1 saturated heterocycles. The molecule has 0 spiro atoms. The first-order valence-electron chi connectivity index (χ1n) is 13.3. The Morgan fingerprint density at radius 2 is 1.82 bits per heavy atom. The number of likely N-dealkylation sites (N-methyl/N-ethyl adjacent to an activating group) is 1. The molecule has 0 saturated carbocycles. The van der Waals surface area contributed by atoms with Gasteiger partial charge in [-0.1, -0.05) is 38.1 Å². The van der Waals surface area contributed by atoms with Crippen LogP contribution < -0.4 is 5.32 Å². The van der Waals surface area contributed by atoms with Crippen molar-refractivity contribution < 1.29 is 9.32 Å². The number of aryl methyl sites for hydroxylation is 1. The van der Waals surface area contributed by atoms with E-state index in [4.69, 9.17) is 4.52 Å². The van der Waals surface area contributed by atoms with Gasteiger partial charge in [0.05, 0.1) is 23.1 Å². The van der Waals surface area contributed by atoms with Crippen LogP contribution in [0.2, 0.25) is 0 Å². The molecule has 0 radical (unpaired) electrons. The van der Waals surface area contributed by atoms with Gasteiger partial charge in [0.2, 0.25) is 0 Å². The highest BCUT2D eigenvalue weighted by molar-refractivity contribution is 6.03. The highest BCUT2D eigenvalue weighted by atomic mass is 16.5. The van der Waals surface area contributed by atoms with E-state index in [0.717, 1.165) is 56.1 Å². The molecule has 1 fully saturated rings. The van der Waals surface area contributed by atoms with Crippen LogP contribution in [0.4, 0.5) is 5.82 Å². The third-order valence-corrected chi connectivity index (χ3v) is 6.96. The normalized spacial score (nSPS) is 15.0. The van der Waals surface area contributed by atoms with Crippen LogP contribution in [0.3, 0.4) is 0 Å². The van der Waals surface area contributed by atoms with Crippen molar-refractivity contribution in [3.8, 4) is 16.9 Å². The van der Waals surface area contributed by atoms with E-state index in [2.05, 4.69) is 53.5 Å². The third kappa shape index (κ3) is 6.21. The van der Waals surface area contributed by atoms with Gasteiger partial charge in [-0.3, -0.25) is 19.7 Å². The monoisotopic (exact) mass is 529 g/mol. The van der Waals surface area contributed by atoms with Gasteiger partial charge in [0.25, 0.3) is 5.91 Å². The summed E-state index contributed by atoms with van der Waals surface area (Å²) in [6.07, 6.45) is 7.07. The van der Waals surface area contributed by atoms with Gasteiger partial charge in [-0.2, -0.15) is 0 Å². The number of nitrogens with one attached hydrogen (secondary N) is 1. The number of hydrogen-bond donors (Lipinski definition) is 1. The summed E-state index contributed by atoms with van der Waals surface area (Å²) in [5.41, 5.74) is 4.29. The van der Waals surface area contributed by atoms with Gasteiger partial charge in [0, 0.05) is 68.4 Å². The quantitative estimate of drug-likeness (QED) is 0.382. The lowest BCUT2D eigenvalue weighted by Crippen LogP contribution is -2.45. The minimum Gasteiger partial charge on any atom is -0.359 e. The average molecular weight is 530 g/mol. The molecule has 1 amide bonds. The van der Waals surface area contributed by atoms with Crippen molar-refractivity contribution in [1.29, 1.82) is 0 Å². The fourth-order valence-electron chi connectivity index (χ4n) is 4.50. The van der Waals surface area contributed by atoms with E-state index in [1.165, 1.54) is 6.20 Å². The molecule has 1 N–H and O–H groups in total. The lowest BCUT2D eigenvalue weighted by Gasteiger charge is -2.33. The first-order valence-corrected chi connectivity index (χ1v) is 13.3. The number of carbonyl (C=O) groups excluding carboxylic acids is 1. The highest BCUT2D eigenvalue weighted by Gasteiger charge is 2.21. The lowest BCUT2D eigenvalue weighted by molar-refractivity contribution is 0.102. The Hall–Kier alpha value is -3.96. The zero-order valence-electron chi connectivity index (χ0n) is 23.2. The second-order valence-electron chi connectivity index (χ2n) is 10.9. The van der Waals surface area contributed by atoms with Crippen molar-refractivity contribution in [2.75, 3.05) is 38.0 Å². The minimum atomic E-state index is -0.338. The number of carbonyl (C=O) groups is 1. The van der Waals surface area contributed by atoms with Crippen molar-refractivity contribution in [3.05, 3.63) is 65.6 Å². The first-order chi connectivity index (χ1) is 18.7. The third-order valence-electron chi connectivity index (χ3n) is 6.96. The van der Waals surface area contributed by atoms with Gasteiger partial charge >= 0.3 is 0 Å². The Morgan fingerprint density at radius 3 is 2.54 bits per heavy atom. The number of aromatic nitrogens is 6. The molecule has 1 aliphatic heterocycles. The van der Waals surface area contributed by atoms with Crippen LogP contribution in [-0.4, -0.2) is 78.5 Å². The molecule has 4 aromatic rings. The predicted molar refractivity (Wildman–Crippen MR) is 148 cm³/mol. The van der Waals surface area contributed by atoms with Gasteiger partial charge in [-0.15, -0.1) is 5.10 Å². The topological polar surface area (TPSA) is 118 Å². The Kier molecular flexibility index (Phi) is 7.53. The second-order valence-corrected chi connectivity index (χ2v) is 10.9. The zero-order chi connectivity index (χ0) is 27.6. The van der Waals surface area contributed by atoms with Crippen LogP contribution in [0.1, 0.15) is 55.1 Å². The number of pyridine rings is 2. The molecule has 0 unspecified atom stereocenters. The van der Waals surface area contributed by atoms with E-state index in [1.807, 2.05) is 40.1 Å². The second kappa shape index (κ2) is 11.0. The van der Waals surface area contributed by atoms with Crippen molar-refractivity contribution in [2.24, 2.45) is 0 Å². The van der Waals surface area contributed by atoms with Crippen LogP contribution in [0.15, 0.2) is 47.5 Å². The lowest BCUT2D eigenvalue weighted by atomic mass is 9.93. The molecule has 11 heteroatoms. The number of piperazine rings is 1. The van der Waals surface area contributed by atoms with Gasteiger partial charge in [-0.25, -0.2) is 4.68 Å². The van der Waals surface area contributed by atoms with Crippen LogP contribution in [0.5, 0.6) is 0 Å². The van der Waals surface area contributed by atoms with Crippen molar-refractivity contribution in [1.82, 2.24) is 39.9 Å². The maximum absolute atomic E-state index is 12.9. The van der Waals surface area contributed by atoms with Crippen molar-refractivity contribution in [2.45, 2.75) is 46.6 Å². The molecule has 0 atom stereocenters. The molecule has 0 aromatic carbocycles. The number of hydrogen-bond acceptors (Lipinski definition) is 9. The summed E-state index contributed by atoms with van der Waals surface area (Å²) in [6.45, 7) is 16.4. The summed E-state index contributed by atoms with van der Waals surface area (Å²) in [6, 6.07) is 5.59. The average Bonchev–Trinajstić information content (AvgIpc) is 3.60. The van der Waals surface area contributed by atoms with Crippen LogP contribution in [0, 0.1) is 6.92 Å². The van der Waals surface area contributed by atoms with E-state index >= 15 is 0 Å². The molecule has 5 heterocycles. The van der Waals surface area contributed by atoms with Gasteiger partial charge < -0.3 is 14.7 Å². The molecule has 4 aromatic heterocycles. The molecule has 39 heavy (non-hydrogen) atoms. The highest BCUT2D eigenvalue weighted by Crippen LogP contribution is 2.25. The molecule has 0 aliphatic carbocycles. The summed E-state index contributed by atoms with van der Waals surface area (Å²) in [5.74, 6) is 0.706. The SMILES string of the molecule is CCN1CCN(Cc2cncc(-c3cn(-c4cc(C(=O)Nc5cc(C(C)(C)C)on5)cnc4C)nn3)c2)CC1. The maximum atomic E-state index is 12.9. The number of nitrogens with zero attached hydrogens (tertiary/aromatic N) is 8. The summed E-state index contributed by atoms with van der Waals surface area (Å²) in [4.78, 5) is 26.7. The maximum Gasteiger partial charge on any atom is 0.258 e. The fraction of sp³-hybridized carbons (Fsp3) is 0.429. The molecule has 5 rings (SSSR count). The summed E-state index contributed by atoms with van der Waals surface area (Å²) >= 11 is 0. The fourth-order valence-corrected chi connectivity index (χ4v) is 4.50. The molecule has 1 aliphatic rings. The van der Waals surface area contributed by atoms with E-state index < -0.39 is 0 Å². The van der Waals surface area contributed by atoms with E-state index in [1.54, 1.807) is 23.0 Å². The van der Waals surface area contributed by atoms with Gasteiger partial charge in [0.15, 0.2) is 5.82 Å². The Balaban J connectivity index is 1.30. The molecular formula is C28H35N9O2. The zero-order valence-corrected chi connectivity index (χ0v) is 23.2. The standard InChI is InChI=1S/C28H35N9O2/c1-6-35-7-9-36(10-8-35)17-20-11-21(15-29-14-20)23-18-37(34-32-23)24-12-22(16-30-19(24)2)27(38)31-26-13-25(39-33-26)28(3,4)5/h11-16,18H,6-10,17H2,1-5H3,(H,31,33,38). The Morgan fingerprint density at radius 1 is 1.05 bits per heavy atom. The molecular weight excluding hydrogens is 494 g/mol. The van der Waals surface area contributed by atoms with Gasteiger partial charge in [0.1, 0.15) is 11.5 Å². The predicted octanol–water partition coefficient (Wildman–Crippen LogP) is 3.71. The molecule has 0 bridgehead atoms. The smallest absolute Gasteiger partial charge is 0.258 e. The van der Waals surface area contributed by atoms with E-state index in [-0.39, 0.29) is 11.3 Å². The van der Waals surface area contributed by atoms with E-state index in [0.29, 0.717) is 28.5 Å². The number of amides is 1.